The highest BCUT2D eigenvalue weighted by Gasteiger charge is 2.15. The van der Waals surface area contributed by atoms with Crippen LogP contribution in [0.3, 0.4) is 0 Å². The van der Waals surface area contributed by atoms with Gasteiger partial charge in [-0.05, 0) is 22.0 Å². The van der Waals surface area contributed by atoms with Gasteiger partial charge in [-0.15, -0.1) is 0 Å². The number of nitrogens with zero attached hydrogens (tertiary/aromatic N) is 1. The maximum atomic E-state index is 12.3. The molecule has 1 aromatic rings. The predicted molar refractivity (Wildman–Crippen MR) is 47.8 cm³/mol. The molecule has 6 heteroatoms. The molecule has 0 bridgehead atoms. The highest BCUT2D eigenvalue weighted by molar-refractivity contribution is 9.10. The lowest BCUT2D eigenvalue weighted by Crippen LogP contribution is -1.96. The van der Waals surface area contributed by atoms with Crippen molar-refractivity contribution < 1.29 is 13.9 Å². The van der Waals surface area contributed by atoms with Crippen LogP contribution in [-0.4, -0.2) is 10.1 Å². The minimum absolute atomic E-state index is 0.0101. The van der Waals surface area contributed by atoms with E-state index in [1.54, 1.807) is 0 Å². The van der Waals surface area contributed by atoms with Crippen molar-refractivity contribution in [1.29, 1.82) is 0 Å². The van der Waals surface area contributed by atoms with E-state index in [-0.39, 0.29) is 27.5 Å². The minimum Gasteiger partial charge on any atom is -0.390 e. The van der Waals surface area contributed by atoms with Crippen molar-refractivity contribution in [3.63, 3.8) is 0 Å². The number of aromatic nitrogens is 1. The van der Waals surface area contributed by atoms with E-state index in [1.807, 2.05) is 0 Å². The van der Waals surface area contributed by atoms with Crippen molar-refractivity contribution in [3.05, 3.63) is 26.9 Å². The molecule has 1 heterocycles. The monoisotopic (exact) mass is 271 g/mol. The van der Waals surface area contributed by atoms with Crippen LogP contribution in [0, 0.1) is 0 Å². The fourth-order valence-corrected chi connectivity index (χ4v) is 1.50. The predicted octanol–water partition coefficient (Wildman–Crippen LogP) is 2.93. The van der Waals surface area contributed by atoms with Crippen molar-refractivity contribution >= 4 is 27.5 Å². The van der Waals surface area contributed by atoms with Gasteiger partial charge in [0, 0.05) is 0 Å². The maximum Gasteiger partial charge on any atom is 0.266 e. The normalized spacial score (nSPS) is 10.9. The molecular weight excluding hydrogens is 267 g/mol. The molecule has 0 aliphatic rings. The summed E-state index contributed by atoms with van der Waals surface area (Å²) in [5, 5.41) is 8.76. The number of aliphatic hydroxyl groups is 1. The number of aliphatic hydroxyl groups excluding tert-OH is 1. The zero-order valence-corrected chi connectivity index (χ0v) is 8.61. The Bertz CT molecular complexity index is 322. The van der Waals surface area contributed by atoms with E-state index in [0.717, 1.165) is 6.07 Å². The van der Waals surface area contributed by atoms with Crippen molar-refractivity contribution in [2.24, 2.45) is 0 Å². The summed E-state index contributed by atoms with van der Waals surface area (Å²) in [5.41, 5.74) is -0.0971. The Balaban J connectivity index is 3.20. The van der Waals surface area contributed by atoms with Crippen LogP contribution < -0.4 is 0 Å². The van der Waals surface area contributed by atoms with Crippen molar-refractivity contribution in [2.45, 2.75) is 13.0 Å². The third-order valence-corrected chi connectivity index (χ3v) is 2.38. The molecule has 1 rings (SSSR count). The van der Waals surface area contributed by atoms with E-state index in [2.05, 4.69) is 20.9 Å². The Labute approximate surface area is 86.7 Å². The molecule has 0 aromatic carbocycles. The molecule has 13 heavy (non-hydrogen) atoms. The van der Waals surface area contributed by atoms with Gasteiger partial charge in [-0.2, -0.15) is 0 Å². The summed E-state index contributed by atoms with van der Waals surface area (Å²) < 4.78 is 24.5. The van der Waals surface area contributed by atoms with Gasteiger partial charge < -0.3 is 5.11 Å². The lowest BCUT2D eigenvalue weighted by molar-refractivity contribution is 0.150. The first kappa shape index (κ1) is 10.8. The first-order chi connectivity index (χ1) is 6.06. The van der Waals surface area contributed by atoms with E-state index in [0.29, 0.717) is 0 Å². The molecule has 0 unspecified atom stereocenters. The number of hydrogen-bond donors (Lipinski definition) is 1. The minimum atomic E-state index is -2.63. The first-order valence-electron chi connectivity index (χ1n) is 3.30. The molecule has 2 nitrogen and oxygen atoms in total. The van der Waals surface area contributed by atoms with Crippen LogP contribution in [-0.2, 0) is 6.61 Å². The van der Waals surface area contributed by atoms with E-state index < -0.39 is 6.43 Å². The molecule has 0 amide bonds. The fourth-order valence-electron chi connectivity index (χ4n) is 0.780. The quantitative estimate of drug-likeness (QED) is 0.840. The summed E-state index contributed by atoms with van der Waals surface area (Å²) >= 11 is 8.43. The molecular formula is C7H5BrClF2NO. The van der Waals surface area contributed by atoms with E-state index >= 15 is 0 Å². The SMILES string of the molecule is OCc1nc(Br)c(C(F)F)cc1Cl. The van der Waals surface area contributed by atoms with Crippen LogP contribution in [0.5, 0.6) is 0 Å². The van der Waals surface area contributed by atoms with Gasteiger partial charge in [0.15, 0.2) is 0 Å². The second-order valence-electron chi connectivity index (χ2n) is 2.26. The largest absolute Gasteiger partial charge is 0.390 e. The van der Waals surface area contributed by atoms with Crippen LogP contribution in [0.4, 0.5) is 8.78 Å². The molecule has 1 N–H and O–H groups in total. The molecule has 0 aliphatic heterocycles. The maximum absolute atomic E-state index is 12.3. The average molecular weight is 272 g/mol. The molecule has 0 fully saturated rings. The lowest BCUT2D eigenvalue weighted by atomic mass is 10.2. The third-order valence-electron chi connectivity index (χ3n) is 1.41. The highest BCUT2D eigenvalue weighted by Crippen LogP contribution is 2.29. The zero-order valence-electron chi connectivity index (χ0n) is 6.27. The highest BCUT2D eigenvalue weighted by atomic mass is 79.9. The number of rotatable bonds is 2. The molecule has 0 radical (unpaired) electrons. The van der Waals surface area contributed by atoms with Gasteiger partial charge in [0.1, 0.15) is 4.60 Å². The van der Waals surface area contributed by atoms with Crippen LogP contribution in [0.25, 0.3) is 0 Å². The van der Waals surface area contributed by atoms with Gasteiger partial charge in [0.25, 0.3) is 6.43 Å². The Morgan fingerprint density at radius 3 is 2.69 bits per heavy atom. The summed E-state index contributed by atoms with van der Waals surface area (Å²) in [6.45, 7) is -0.374. The molecule has 0 aliphatic carbocycles. The van der Waals surface area contributed by atoms with Gasteiger partial charge in [0.2, 0.25) is 0 Å². The van der Waals surface area contributed by atoms with Crippen LogP contribution in [0.15, 0.2) is 10.7 Å². The Morgan fingerprint density at radius 2 is 2.23 bits per heavy atom. The smallest absolute Gasteiger partial charge is 0.266 e. The van der Waals surface area contributed by atoms with Crippen molar-refractivity contribution in [1.82, 2.24) is 4.98 Å². The van der Waals surface area contributed by atoms with Gasteiger partial charge >= 0.3 is 0 Å². The fraction of sp³-hybridized carbons (Fsp3) is 0.286. The van der Waals surface area contributed by atoms with E-state index in [1.165, 1.54) is 0 Å². The van der Waals surface area contributed by atoms with Crippen LogP contribution in [0.1, 0.15) is 17.7 Å². The number of halogens is 4. The van der Waals surface area contributed by atoms with Gasteiger partial charge in [-0.3, -0.25) is 0 Å². The van der Waals surface area contributed by atoms with Crippen LogP contribution >= 0.6 is 27.5 Å². The van der Waals surface area contributed by atoms with Gasteiger partial charge in [-0.25, -0.2) is 13.8 Å². The lowest BCUT2D eigenvalue weighted by Gasteiger charge is -2.05. The summed E-state index contributed by atoms with van der Waals surface area (Å²) in [5.74, 6) is 0. The zero-order chi connectivity index (χ0) is 10.0. The molecule has 0 saturated carbocycles. The van der Waals surface area contributed by atoms with Crippen LogP contribution in [0.2, 0.25) is 5.02 Å². The Hall–Kier alpha value is -0.260. The summed E-state index contributed by atoms with van der Waals surface area (Å²) in [6.07, 6.45) is -2.63. The number of alkyl halides is 2. The molecule has 0 atom stereocenters. The number of hydrogen-bond acceptors (Lipinski definition) is 2. The summed E-state index contributed by atoms with van der Waals surface area (Å²) in [7, 11) is 0. The Kier molecular flexibility index (Phi) is 3.58. The van der Waals surface area contributed by atoms with E-state index in [4.69, 9.17) is 16.7 Å². The topological polar surface area (TPSA) is 33.1 Å². The van der Waals surface area contributed by atoms with E-state index in [9.17, 15) is 8.78 Å². The van der Waals surface area contributed by atoms with Crippen molar-refractivity contribution in [2.75, 3.05) is 0 Å². The molecule has 0 saturated heterocycles. The van der Waals surface area contributed by atoms with Gasteiger partial charge in [-0.1, -0.05) is 11.6 Å². The molecule has 0 spiro atoms. The number of pyridine rings is 1. The average Bonchev–Trinajstić information content (AvgIpc) is 2.07. The molecule has 1 aromatic heterocycles. The summed E-state index contributed by atoms with van der Waals surface area (Å²) in [6, 6.07) is 1.09. The van der Waals surface area contributed by atoms with Crippen molar-refractivity contribution in [3.8, 4) is 0 Å². The first-order valence-corrected chi connectivity index (χ1v) is 4.47. The summed E-state index contributed by atoms with van der Waals surface area (Å²) in [4.78, 5) is 3.67. The second-order valence-corrected chi connectivity index (χ2v) is 3.41. The Morgan fingerprint density at radius 1 is 1.62 bits per heavy atom. The second kappa shape index (κ2) is 4.30. The molecule has 72 valence electrons. The van der Waals surface area contributed by atoms with Gasteiger partial charge in [0.05, 0.1) is 22.9 Å². The third kappa shape index (κ3) is 2.36. The standard InChI is InChI=1S/C7H5BrClF2NO/c8-6-3(7(10)11)1-4(9)5(2-13)12-6/h1,7,13H,2H2.